The highest BCUT2D eigenvalue weighted by Gasteiger charge is 1.96. The SMILES string of the molecule is CC(C)OCCCN=C(N)Cc1ccccc1.Cl. The predicted octanol–water partition coefficient (Wildman–Crippen LogP) is 2.82. The average molecular weight is 271 g/mol. The van der Waals surface area contributed by atoms with E-state index in [0.29, 0.717) is 11.9 Å². The summed E-state index contributed by atoms with van der Waals surface area (Å²) in [5, 5.41) is 0. The van der Waals surface area contributed by atoms with Gasteiger partial charge >= 0.3 is 0 Å². The third-order valence-corrected chi connectivity index (χ3v) is 2.30. The van der Waals surface area contributed by atoms with Crippen molar-refractivity contribution in [1.29, 1.82) is 0 Å². The molecule has 0 aliphatic heterocycles. The van der Waals surface area contributed by atoms with Gasteiger partial charge in [-0.3, -0.25) is 4.99 Å². The summed E-state index contributed by atoms with van der Waals surface area (Å²) in [7, 11) is 0. The van der Waals surface area contributed by atoms with Crippen LogP contribution in [0, 0.1) is 0 Å². The molecule has 0 saturated heterocycles. The molecule has 18 heavy (non-hydrogen) atoms. The van der Waals surface area contributed by atoms with Crippen molar-refractivity contribution in [1.82, 2.24) is 0 Å². The van der Waals surface area contributed by atoms with Crippen molar-refractivity contribution < 1.29 is 4.74 Å². The summed E-state index contributed by atoms with van der Waals surface area (Å²) in [5.41, 5.74) is 7.06. The second-order valence-electron chi connectivity index (χ2n) is 4.31. The van der Waals surface area contributed by atoms with Gasteiger partial charge in [0.15, 0.2) is 0 Å². The topological polar surface area (TPSA) is 47.6 Å². The lowest BCUT2D eigenvalue weighted by Gasteiger charge is -2.06. The molecule has 0 heterocycles. The van der Waals surface area contributed by atoms with E-state index in [2.05, 4.69) is 17.1 Å². The first-order chi connectivity index (χ1) is 8.18. The lowest BCUT2D eigenvalue weighted by atomic mass is 10.1. The van der Waals surface area contributed by atoms with Gasteiger partial charge in [0.2, 0.25) is 0 Å². The summed E-state index contributed by atoms with van der Waals surface area (Å²) in [5.74, 6) is 0.695. The molecule has 0 unspecified atom stereocenters. The van der Waals surface area contributed by atoms with Crippen molar-refractivity contribution in [3.05, 3.63) is 35.9 Å². The summed E-state index contributed by atoms with van der Waals surface area (Å²) < 4.78 is 5.43. The summed E-state index contributed by atoms with van der Waals surface area (Å²) in [4.78, 5) is 4.33. The van der Waals surface area contributed by atoms with Crippen LogP contribution < -0.4 is 5.73 Å². The van der Waals surface area contributed by atoms with Crippen LogP contribution in [0.2, 0.25) is 0 Å². The summed E-state index contributed by atoms with van der Waals surface area (Å²) >= 11 is 0. The molecule has 0 bridgehead atoms. The first-order valence-electron chi connectivity index (χ1n) is 6.13. The Hall–Kier alpha value is -1.06. The first kappa shape index (κ1) is 16.9. The molecule has 0 spiro atoms. The summed E-state index contributed by atoms with van der Waals surface area (Å²) in [6.45, 7) is 5.56. The van der Waals surface area contributed by atoms with Crippen molar-refractivity contribution in [2.24, 2.45) is 10.7 Å². The predicted molar refractivity (Wildman–Crippen MR) is 79.6 cm³/mol. The second-order valence-corrected chi connectivity index (χ2v) is 4.31. The summed E-state index contributed by atoms with van der Waals surface area (Å²) in [6, 6.07) is 10.1. The van der Waals surface area contributed by atoms with Crippen LogP contribution in [-0.2, 0) is 11.2 Å². The molecule has 0 radical (unpaired) electrons. The van der Waals surface area contributed by atoms with E-state index in [1.807, 2.05) is 32.0 Å². The van der Waals surface area contributed by atoms with E-state index in [-0.39, 0.29) is 12.4 Å². The van der Waals surface area contributed by atoms with Crippen LogP contribution >= 0.6 is 12.4 Å². The van der Waals surface area contributed by atoms with E-state index in [0.717, 1.165) is 26.0 Å². The molecule has 1 aromatic carbocycles. The Morgan fingerprint density at radius 1 is 1.28 bits per heavy atom. The fraction of sp³-hybridized carbons (Fsp3) is 0.500. The van der Waals surface area contributed by atoms with Gasteiger partial charge in [0.25, 0.3) is 0 Å². The number of nitrogens with two attached hydrogens (primary N) is 1. The maximum absolute atomic E-state index is 5.86. The number of benzene rings is 1. The van der Waals surface area contributed by atoms with Crippen molar-refractivity contribution in [3.63, 3.8) is 0 Å². The number of hydrogen-bond acceptors (Lipinski definition) is 2. The first-order valence-corrected chi connectivity index (χ1v) is 6.13. The molecule has 0 fully saturated rings. The Balaban J connectivity index is 0.00000289. The van der Waals surface area contributed by atoms with Crippen LogP contribution in [-0.4, -0.2) is 25.1 Å². The van der Waals surface area contributed by atoms with E-state index in [1.54, 1.807) is 0 Å². The van der Waals surface area contributed by atoms with Crippen molar-refractivity contribution >= 4 is 18.2 Å². The Bertz CT molecular complexity index is 339. The van der Waals surface area contributed by atoms with Gasteiger partial charge in [-0.15, -0.1) is 12.4 Å². The molecule has 0 aromatic heterocycles. The number of nitrogens with zero attached hydrogens (tertiary/aromatic N) is 1. The van der Waals surface area contributed by atoms with Gasteiger partial charge < -0.3 is 10.5 Å². The highest BCUT2D eigenvalue weighted by Crippen LogP contribution is 1.99. The molecule has 0 aliphatic rings. The standard InChI is InChI=1S/C14H22N2O.ClH/c1-12(2)17-10-6-9-16-14(15)11-13-7-4-3-5-8-13;/h3-5,7-8,12H,6,9-11H2,1-2H3,(H2,15,16);1H. The number of hydrogen-bond donors (Lipinski definition) is 1. The monoisotopic (exact) mass is 270 g/mol. The largest absolute Gasteiger partial charge is 0.387 e. The average Bonchev–Trinajstić information content (AvgIpc) is 2.29. The zero-order valence-corrected chi connectivity index (χ0v) is 12.0. The van der Waals surface area contributed by atoms with Gasteiger partial charge in [0, 0.05) is 19.6 Å². The number of halogens is 1. The van der Waals surface area contributed by atoms with Crippen molar-refractivity contribution in [3.8, 4) is 0 Å². The molecular formula is C14H23ClN2O. The molecule has 0 saturated carbocycles. The van der Waals surface area contributed by atoms with Crippen LogP contribution in [0.4, 0.5) is 0 Å². The third-order valence-electron chi connectivity index (χ3n) is 2.30. The van der Waals surface area contributed by atoms with Crippen LogP contribution in [0.15, 0.2) is 35.3 Å². The number of ether oxygens (including phenoxy) is 1. The third kappa shape index (κ3) is 8.09. The molecule has 1 rings (SSSR count). The van der Waals surface area contributed by atoms with E-state index in [1.165, 1.54) is 5.56 Å². The van der Waals surface area contributed by atoms with E-state index < -0.39 is 0 Å². The Kier molecular flexibility index (Phi) is 9.33. The number of aliphatic imine (C=N–C) groups is 1. The molecule has 3 nitrogen and oxygen atoms in total. The van der Waals surface area contributed by atoms with Gasteiger partial charge in [-0.25, -0.2) is 0 Å². The molecule has 0 atom stereocenters. The molecule has 2 N–H and O–H groups in total. The summed E-state index contributed by atoms with van der Waals surface area (Å²) in [6.07, 6.45) is 1.94. The zero-order valence-electron chi connectivity index (χ0n) is 11.1. The van der Waals surface area contributed by atoms with E-state index in [9.17, 15) is 0 Å². The number of amidine groups is 1. The normalized spacial score (nSPS) is 11.4. The van der Waals surface area contributed by atoms with E-state index >= 15 is 0 Å². The molecule has 0 aliphatic carbocycles. The van der Waals surface area contributed by atoms with Crippen LogP contribution in [0.1, 0.15) is 25.8 Å². The van der Waals surface area contributed by atoms with Crippen LogP contribution in [0.3, 0.4) is 0 Å². The Morgan fingerprint density at radius 3 is 2.56 bits per heavy atom. The smallest absolute Gasteiger partial charge is 0.0981 e. The minimum absolute atomic E-state index is 0. The Labute approximate surface area is 116 Å². The van der Waals surface area contributed by atoms with Gasteiger partial charge in [-0.05, 0) is 25.8 Å². The number of rotatable bonds is 7. The van der Waals surface area contributed by atoms with Crippen molar-refractivity contribution in [2.45, 2.75) is 32.8 Å². The lowest BCUT2D eigenvalue weighted by molar-refractivity contribution is 0.0783. The lowest BCUT2D eigenvalue weighted by Crippen LogP contribution is -2.16. The van der Waals surface area contributed by atoms with E-state index in [4.69, 9.17) is 10.5 Å². The molecule has 102 valence electrons. The van der Waals surface area contributed by atoms with Gasteiger partial charge in [0.1, 0.15) is 0 Å². The van der Waals surface area contributed by atoms with Crippen LogP contribution in [0.25, 0.3) is 0 Å². The molecule has 1 aromatic rings. The fourth-order valence-electron chi connectivity index (χ4n) is 1.47. The zero-order chi connectivity index (χ0) is 12.5. The Morgan fingerprint density at radius 2 is 1.94 bits per heavy atom. The van der Waals surface area contributed by atoms with Gasteiger partial charge in [-0.2, -0.15) is 0 Å². The van der Waals surface area contributed by atoms with Gasteiger partial charge in [0.05, 0.1) is 11.9 Å². The van der Waals surface area contributed by atoms with Gasteiger partial charge in [-0.1, -0.05) is 30.3 Å². The minimum atomic E-state index is 0. The quantitative estimate of drug-likeness (QED) is 0.470. The molecule has 0 amide bonds. The van der Waals surface area contributed by atoms with Crippen LogP contribution in [0.5, 0.6) is 0 Å². The maximum Gasteiger partial charge on any atom is 0.0981 e. The molecule has 4 heteroatoms. The molecular weight excluding hydrogens is 248 g/mol. The fourth-order valence-corrected chi connectivity index (χ4v) is 1.47. The highest BCUT2D eigenvalue weighted by atomic mass is 35.5. The second kappa shape index (κ2) is 9.92. The highest BCUT2D eigenvalue weighted by molar-refractivity contribution is 5.85. The maximum atomic E-state index is 5.86. The minimum Gasteiger partial charge on any atom is -0.387 e. The van der Waals surface area contributed by atoms with Crippen molar-refractivity contribution in [2.75, 3.05) is 13.2 Å².